The Labute approximate surface area is 192 Å². The summed E-state index contributed by atoms with van der Waals surface area (Å²) in [6, 6.07) is 5.43. The Morgan fingerprint density at radius 3 is 1.97 bits per heavy atom. The molecule has 9 nitrogen and oxygen atoms in total. The van der Waals surface area contributed by atoms with Crippen molar-refractivity contribution in [2.45, 2.75) is 62.3 Å². The third kappa shape index (κ3) is 9.32. The second kappa shape index (κ2) is 15.3. The first-order valence-electron chi connectivity index (χ1n) is 11.2. The van der Waals surface area contributed by atoms with Gasteiger partial charge in [-0.3, -0.25) is 24.9 Å². The third-order valence-electron chi connectivity index (χ3n) is 5.48. The van der Waals surface area contributed by atoms with Gasteiger partial charge in [0.25, 0.3) is 11.6 Å². The van der Waals surface area contributed by atoms with E-state index >= 15 is 0 Å². The molecule has 3 N–H and O–H groups in total. The number of hydroxylamine groups is 1. The van der Waals surface area contributed by atoms with E-state index in [1.165, 1.54) is 24.3 Å². The predicted molar refractivity (Wildman–Crippen MR) is 128 cm³/mol. The maximum atomic E-state index is 12.2. The van der Waals surface area contributed by atoms with Gasteiger partial charge in [0.05, 0.1) is 10.3 Å². The highest BCUT2D eigenvalue weighted by Crippen LogP contribution is 2.39. The van der Waals surface area contributed by atoms with Crippen molar-refractivity contribution in [2.75, 3.05) is 26.2 Å². The average molecular weight is 455 g/mol. The van der Waals surface area contributed by atoms with Crippen LogP contribution in [0, 0.1) is 20.9 Å². The van der Waals surface area contributed by atoms with Gasteiger partial charge in [0.2, 0.25) is 5.91 Å². The molecule has 0 saturated carbocycles. The number of non-ortho nitro benzene ring substituents is 1. The summed E-state index contributed by atoms with van der Waals surface area (Å²) in [5.74, 6) is -0.745. The van der Waals surface area contributed by atoms with Crippen LogP contribution in [0.15, 0.2) is 24.3 Å². The quantitative estimate of drug-likeness (QED) is 0.276. The number of carbonyl (C=O) groups excluding carboxylic acids is 2. The summed E-state index contributed by atoms with van der Waals surface area (Å²) in [5, 5.41) is 22.5. The summed E-state index contributed by atoms with van der Waals surface area (Å²) < 4.78 is 0. The molecule has 0 spiro atoms. The molecule has 0 heterocycles. The lowest BCUT2D eigenvalue weighted by molar-refractivity contribution is -0.384. The number of rotatable bonds is 10. The summed E-state index contributed by atoms with van der Waals surface area (Å²) in [7, 11) is 0. The molecule has 0 aliphatic rings. The Balaban J connectivity index is 0. The molecule has 0 bridgehead atoms. The lowest BCUT2D eigenvalue weighted by atomic mass is 9.67. The fourth-order valence-electron chi connectivity index (χ4n) is 2.72. The first-order chi connectivity index (χ1) is 15.0. The minimum atomic E-state index is -0.794. The second-order valence-electron chi connectivity index (χ2n) is 7.88. The minimum Gasteiger partial charge on any atom is -0.351 e. The monoisotopic (exact) mass is 454 g/mol. The molecular formula is C23H42N4O5. The molecule has 1 rings (SSSR count). The smallest absolute Gasteiger partial charge is 0.269 e. The Morgan fingerprint density at radius 2 is 1.56 bits per heavy atom. The van der Waals surface area contributed by atoms with Gasteiger partial charge >= 0.3 is 0 Å². The maximum absolute atomic E-state index is 12.2. The van der Waals surface area contributed by atoms with Gasteiger partial charge in [-0.15, -0.1) is 0 Å². The van der Waals surface area contributed by atoms with Crippen molar-refractivity contribution in [2.24, 2.45) is 10.8 Å². The molecule has 1 aromatic carbocycles. The number of hydrogen-bond donors (Lipinski definition) is 3. The number of nitrogens with zero attached hydrogens (tertiary/aromatic N) is 2. The van der Waals surface area contributed by atoms with E-state index in [9.17, 15) is 19.7 Å². The van der Waals surface area contributed by atoms with Crippen LogP contribution in [0.1, 0.15) is 72.7 Å². The SMILES string of the molecule is CC.CC.CCN(CCNC(=O)c1ccc([N+](=O)[O-])cc1)CC(C)(C)C(C)(C)C(=O)NO. The van der Waals surface area contributed by atoms with Gasteiger partial charge in [0.1, 0.15) is 0 Å². The van der Waals surface area contributed by atoms with Crippen molar-refractivity contribution in [3.8, 4) is 0 Å². The standard InChI is InChI=1S/C19H30N4O5.2C2H6/c1-6-22(13-18(2,3)19(4,5)17(25)21-26)12-11-20-16(24)14-7-9-15(10-8-14)23(27)28;2*1-2/h7-10,26H,6,11-13H2,1-5H3,(H,20,24)(H,21,25);2*1-2H3. The van der Waals surface area contributed by atoms with E-state index in [1.54, 1.807) is 19.3 Å². The van der Waals surface area contributed by atoms with Gasteiger partial charge in [-0.1, -0.05) is 62.3 Å². The molecule has 0 aliphatic carbocycles. The van der Waals surface area contributed by atoms with Crippen molar-refractivity contribution in [1.82, 2.24) is 15.7 Å². The predicted octanol–water partition coefficient (Wildman–Crippen LogP) is 4.26. The topological polar surface area (TPSA) is 125 Å². The number of nitro benzene ring substituents is 1. The number of benzene rings is 1. The third-order valence-corrected chi connectivity index (χ3v) is 5.48. The Kier molecular flexibility index (Phi) is 15.1. The molecule has 9 heteroatoms. The van der Waals surface area contributed by atoms with Crippen molar-refractivity contribution >= 4 is 17.5 Å². The van der Waals surface area contributed by atoms with E-state index in [4.69, 9.17) is 5.21 Å². The molecule has 0 unspecified atom stereocenters. The molecule has 1 aromatic rings. The Morgan fingerprint density at radius 1 is 1.06 bits per heavy atom. The largest absolute Gasteiger partial charge is 0.351 e. The molecule has 0 aliphatic heterocycles. The minimum absolute atomic E-state index is 0.0644. The van der Waals surface area contributed by atoms with Crippen molar-refractivity contribution in [3.05, 3.63) is 39.9 Å². The highest BCUT2D eigenvalue weighted by atomic mass is 16.6. The van der Waals surface area contributed by atoms with Crippen molar-refractivity contribution < 1.29 is 19.7 Å². The van der Waals surface area contributed by atoms with Crippen LogP contribution in [0.4, 0.5) is 5.69 Å². The Bertz CT molecular complexity index is 703. The highest BCUT2D eigenvalue weighted by Gasteiger charge is 2.43. The van der Waals surface area contributed by atoms with Crippen molar-refractivity contribution in [3.63, 3.8) is 0 Å². The summed E-state index contributed by atoms with van der Waals surface area (Å²) in [4.78, 5) is 36.5. The normalized spacial score (nSPS) is 10.8. The van der Waals surface area contributed by atoms with Crippen LogP contribution in [-0.4, -0.2) is 53.0 Å². The van der Waals surface area contributed by atoms with Gasteiger partial charge in [-0.25, -0.2) is 5.48 Å². The molecular weight excluding hydrogens is 412 g/mol. The fraction of sp³-hybridized carbons (Fsp3) is 0.652. The molecule has 0 saturated heterocycles. The lowest BCUT2D eigenvalue weighted by Crippen LogP contribution is -2.51. The van der Waals surface area contributed by atoms with E-state index < -0.39 is 21.7 Å². The number of likely N-dealkylation sites (N-methyl/N-ethyl adjacent to an activating group) is 1. The van der Waals surface area contributed by atoms with Crippen LogP contribution in [0.3, 0.4) is 0 Å². The number of nitrogens with one attached hydrogen (secondary N) is 2. The van der Waals surface area contributed by atoms with E-state index in [0.717, 1.165) is 6.54 Å². The molecule has 0 atom stereocenters. The van der Waals surface area contributed by atoms with Crippen LogP contribution >= 0.6 is 0 Å². The number of nitro groups is 1. The Hall–Kier alpha value is -2.52. The van der Waals surface area contributed by atoms with Crippen LogP contribution in [0.2, 0.25) is 0 Å². The zero-order valence-corrected chi connectivity index (χ0v) is 21.1. The van der Waals surface area contributed by atoms with Gasteiger partial charge in [-0.05, 0) is 24.1 Å². The van der Waals surface area contributed by atoms with Crippen LogP contribution in [-0.2, 0) is 4.79 Å². The molecule has 0 radical (unpaired) electrons. The highest BCUT2D eigenvalue weighted by molar-refractivity contribution is 5.94. The fourth-order valence-corrected chi connectivity index (χ4v) is 2.72. The van der Waals surface area contributed by atoms with Gasteiger partial charge in [0.15, 0.2) is 0 Å². The molecule has 0 fully saturated rings. The maximum Gasteiger partial charge on any atom is 0.269 e. The van der Waals surface area contributed by atoms with Gasteiger partial charge in [0, 0.05) is 37.3 Å². The van der Waals surface area contributed by atoms with Crippen molar-refractivity contribution in [1.29, 1.82) is 0 Å². The summed E-state index contributed by atoms with van der Waals surface area (Å²) >= 11 is 0. The number of amides is 2. The zero-order chi connectivity index (χ0) is 25.5. The van der Waals surface area contributed by atoms with Crippen LogP contribution in [0.25, 0.3) is 0 Å². The zero-order valence-electron chi connectivity index (χ0n) is 21.1. The summed E-state index contributed by atoms with van der Waals surface area (Å²) in [5.41, 5.74) is 0.798. The summed E-state index contributed by atoms with van der Waals surface area (Å²) in [6.45, 7) is 19.8. The van der Waals surface area contributed by atoms with Gasteiger partial charge in [-0.2, -0.15) is 0 Å². The van der Waals surface area contributed by atoms with Crippen LogP contribution in [0.5, 0.6) is 0 Å². The number of hydrogen-bond acceptors (Lipinski definition) is 6. The van der Waals surface area contributed by atoms with E-state index in [-0.39, 0.29) is 11.6 Å². The summed E-state index contributed by atoms with van der Waals surface area (Å²) in [6.07, 6.45) is 0. The molecule has 0 aromatic heterocycles. The first-order valence-corrected chi connectivity index (χ1v) is 11.2. The van der Waals surface area contributed by atoms with E-state index in [2.05, 4.69) is 10.2 Å². The lowest BCUT2D eigenvalue weighted by Gasteiger charge is -2.42. The molecule has 32 heavy (non-hydrogen) atoms. The van der Waals surface area contributed by atoms with Gasteiger partial charge < -0.3 is 10.2 Å². The van der Waals surface area contributed by atoms with Crippen LogP contribution < -0.4 is 10.8 Å². The molecule has 184 valence electrons. The average Bonchev–Trinajstić information content (AvgIpc) is 2.80. The van der Waals surface area contributed by atoms with E-state index in [0.29, 0.717) is 25.2 Å². The second-order valence-corrected chi connectivity index (χ2v) is 7.88. The van der Waals surface area contributed by atoms with E-state index in [1.807, 2.05) is 48.5 Å². The first kappa shape index (κ1) is 31.7. The molecule has 2 amide bonds. The number of carbonyl (C=O) groups is 2.